The molecule has 0 bridgehead atoms. The van der Waals surface area contributed by atoms with Crippen LogP contribution in [0.5, 0.6) is 0 Å². The molecule has 54 valence electrons. The maximum atomic E-state index is 3.73. The van der Waals surface area contributed by atoms with Crippen molar-refractivity contribution in [2.75, 3.05) is 12.4 Å². The van der Waals surface area contributed by atoms with Gasteiger partial charge in [-0.2, -0.15) is 0 Å². The Kier molecular flexibility index (Phi) is 2.78. The van der Waals surface area contributed by atoms with Crippen LogP contribution in [0.3, 0.4) is 0 Å². The van der Waals surface area contributed by atoms with Crippen LogP contribution in [0.25, 0.3) is 0 Å². The molecule has 1 aliphatic heterocycles. The first-order valence-corrected chi connectivity index (χ1v) is 4.18. The number of nitrogens with one attached hydrogen (secondary N) is 1. The monoisotopic (exact) mass is 153 g/mol. The Hall–Kier alpha value is -0.470. The van der Waals surface area contributed by atoms with Crippen LogP contribution in [0, 0.1) is 0 Å². The van der Waals surface area contributed by atoms with Gasteiger partial charge in [0, 0.05) is 17.3 Å². The molecule has 1 aliphatic rings. The molecule has 0 unspecified atom stereocenters. The quantitative estimate of drug-likeness (QED) is 0.650. The van der Waals surface area contributed by atoms with E-state index in [0.717, 1.165) is 12.4 Å². The van der Waals surface area contributed by atoms with Gasteiger partial charge in [0.1, 0.15) is 0 Å². The van der Waals surface area contributed by atoms with Crippen molar-refractivity contribution in [1.29, 1.82) is 0 Å². The molecule has 10 heavy (non-hydrogen) atoms. The summed E-state index contributed by atoms with van der Waals surface area (Å²) in [5, 5.41) is 3.24. The third-order valence-corrected chi connectivity index (χ3v) is 2.48. The first-order valence-electron chi connectivity index (χ1n) is 3.20. The van der Waals surface area contributed by atoms with Crippen LogP contribution in [0.15, 0.2) is 35.8 Å². The predicted octanol–water partition coefficient (Wildman–Crippen LogP) is 1.91. The molecule has 0 radical (unpaired) electrons. The van der Waals surface area contributed by atoms with Crippen molar-refractivity contribution in [3.8, 4) is 0 Å². The highest BCUT2D eigenvalue weighted by Gasteiger charge is 2.05. The van der Waals surface area contributed by atoms with E-state index in [1.165, 1.54) is 10.5 Å². The van der Waals surface area contributed by atoms with Crippen LogP contribution in [-0.2, 0) is 0 Å². The summed E-state index contributed by atoms with van der Waals surface area (Å²) in [7, 11) is 0. The van der Waals surface area contributed by atoms with Gasteiger partial charge in [-0.1, -0.05) is 25.3 Å². The van der Waals surface area contributed by atoms with Crippen LogP contribution < -0.4 is 5.32 Å². The van der Waals surface area contributed by atoms with Crippen molar-refractivity contribution in [2.24, 2.45) is 0 Å². The van der Waals surface area contributed by atoms with Gasteiger partial charge in [0.25, 0.3) is 0 Å². The maximum Gasteiger partial charge on any atom is 0.0468 e. The maximum absolute atomic E-state index is 3.73. The van der Waals surface area contributed by atoms with Crippen molar-refractivity contribution in [3.63, 3.8) is 0 Å². The first kappa shape index (κ1) is 7.63. The Labute approximate surface area is 65.9 Å². The van der Waals surface area contributed by atoms with E-state index in [4.69, 9.17) is 0 Å². The minimum atomic E-state index is 0.928. The molecule has 0 amide bonds. The van der Waals surface area contributed by atoms with Crippen LogP contribution in [0.1, 0.15) is 0 Å². The van der Waals surface area contributed by atoms with Gasteiger partial charge >= 0.3 is 0 Å². The van der Waals surface area contributed by atoms with E-state index in [0.29, 0.717) is 0 Å². The fourth-order valence-electron chi connectivity index (χ4n) is 0.857. The van der Waals surface area contributed by atoms with Crippen LogP contribution in [0.4, 0.5) is 0 Å². The number of hydrogen-bond donors (Lipinski definition) is 1. The van der Waals surface area contributed by atoms with Crippen molar-refractivity contribution >= 4 is 11.8 Å². The number of hydrogen-bond acceptors (Lipinski definition) is 2. The summed E-state index contributed by atoms with van der Waals surface area (Å²) in [6.07, 6.45) is 3.78. The highest BCUT2D eigenvalue weighted by molar-refractivity contribution is 8.03. The Morgan fingerprint density at radius 1 is 1.40 bits per heavy atom. The van der Waals surface area contributed by atoms with Crippen LogP contribution in [0.2, 0.25) is 0 Å². The number of thioether (sulfide) groups is 1. The zero-order valence-electron chi connectivity index (χ0n) is 5.89. The summed E-state index contributed by atoms with van der Waals surface area (Å²) >= 11 is 1.78. The lowest BCUT2D eigenvalue weighted by molar-refractivity contribution is 0.860. The molecule has 0 spiro atoms. The minimum Gasteiger partial charge on any atom is -0.303 e. The first-order chi connectivity index (χ1) is 4.88. The normalized spacial score (nSPS) is 18.8. The summed E-state index contributed by atoms with van der Waals surface area (Å²) in [5.74, 6) is 0.985. The van der Waals surface area contributed by atoms with E-state index in [1.54, 1.807) is 11.8 Å². The molecule has 0 aromatic carbocycles. The minimum absolute atomic E-state index is 0.928. The number of allylic oxidation sites excluding steroid dienone is 1. The second-order valence-electron chi connectivity index (χ2n) is 2.01. The molecule has 0 fully saturated rings. The summed E-state index contributed by atoms with van der Waals surface area (Å²) in [6, 6.07) is 0. The lowest BCUT2D eigenvalue weighted by Crippen LogP contribution is -2.20. The molecule has 1 N–H and O–H groups in total. The van der Waals surface area contributed by atoms with Crippen molar-refractivity contribution in [1.82, 2.24) is 5.32 Å². The van der Waals surface area contributed by atoms with Gasteiger partial charge in [0.05, 0.1) is 0 Å². The van der Waals surface area contributed by atoms with Gasteiger partial charge < -0.3 is 5.32 Å². The van der Waals surface area contributed by atoms with E-state index in [2.05, 4.69) is 18.5 Å². The van der Waals surface area contributed by atoms with E-state index in [9.17, 15) is 0 Å². The SMILES string of the molecule is C=CC1=C(C=C)SCNC1. The lowest BCUT2D eigenvalue weighted by atomic mass is 10.2. The summed E-state index contributed by atoms with van der Waals surface area (Å²) in [6.45, 7) is 8.38. The molecule has 0 saturated heterocycles. The van der Waals surface area contributed by atoms with Crippen molar-refractivity contribution in [2.45, 2.75) is 0 Å². The van der Waals surface area contributed by atoms with Gasteiger partial charge in [0.15, 0.2) is 0 Å². The molecule has 0 aliphatic carbocycles. The molecular formula is C8H11NS. The summed E-state index contributed by atoms with van der Waals surface area (Å²) in [4.78, 5) is 1.26. The van der Waals surface area contributed by atoms with Gasteiger partial charge in [-0.3, -0.25) is 0 Å². The fraction of sp³-hybridized carbons (Fsp3) is 0.250. The third kappa shape index (κ3) is 1.52. The van der Waals surface area contributed by atoms with E-state index in [-0.39, 0.29) is 0 Å². The molecule has 1 heterocycles. The van der Waals surface area contributed by atoms with Crippen LogP contribution in [-0.4, -0.2) is 12.4 Å². The Bertz CT molecular complexity index is 162. The topological polar surface area (TPSA) is 12.0 Å². The van der Waals surface area contributed by atoms with Gasteiger partial charge in [0.2, 0.25) is 0 Å². The largest absolute Gasteiger partial charge is 0.303 e. The molecular weight excluding hydrogens is 142 g/mol. The molecule has 0 aromatic rings. The second kappa shape index (κ2) is 3.64. The smallest absolute Gasteiger partial charge is 0.0468 e. The molecule has 1 rings (SSSR count). The van der Waals surface area contributed by atoms with Crippen LogP contribution >= 0.6 is 11.8 Å². The van der Waals surface area contributed by atoms with E-state index < -0.39 is 0 Å². The third-order valence-electron chi connectivity index (χ3n) is 1.39. The Balaban J connectivity index is 2.81. The van der Waals surface area contributed by atoms with E-state index in [1.807, 2.05) is 12.2 Å². The molecule has 2 heteroatoms. The zero-order valence-corrected chi connectivity index (χ0v) is 6.71. The van der Waals surface area contributed by atoms with Crippen molar-refractivity contribution in [3.05, 3.63) is 35.8 Å². The summed E-state index contributed by atoms with van der Waals surface area (Å²) in [5.41, 5.74) is 1.26. The molecule has 1 nitrogen and oxygen atoms in total. The summed E-state index contributed by atoms with van der Waals surface area (Å²) < 4.78 is 0. The zero-order chi connectivity index (χ0) is 7.40. The predicted molar refractivity (Wildman–Crippen MR) is 47.9 cm³/mol. The van der Waals surface area contributed by atoms with Gasteiger partial charge in [-0.25, -0.2) is 0 Å². The molecule has 0 aromatic heterocycles. The fourth-order valence-corrected chi connectivity index (χ4v) is 1.68. The Morgan fingerprint density at radius 2 is 2.20 bits per heavy atom. The standard InChI is InChI=1S/C8H11NS/c1-3-7-5-9-6-10-8(7)4-2/h3-4,9H,1-2,5-6H2. The number of rotatable bonds is 2. The highest BCUT2D eigenvalue weighted by atomic mass is 32.2. The van der Waals surface area contributed by atoms with Gasteiger partial charge in [-0.15, -0.1) is 11.8 Å². The highest BCUT2D eigenvalue weighted by Crippen LogP contribution is 2.23. The molecule has 0 saturated carbocycles. The second-order valence-corrected chi connectivity index (χ2v) is 3.03. The molecule has 0 atom stereocenters. The average molecular weight is 153 g/mol. The Morgan fingerprint density at radius 3 is 2.70 bits per heavy atom. The van der Waals surface area contributed by atoms with E-state index >= 15 is 0 Å². The van der Waals surface area contributed by atoms with Crippen molar-refractivity contribution < 1.29 is 0 Å². The average Bonchev–Trinajstić information content (AvgIpc) is 2.04. The van der Waals surface area contributed by atoms with Gasteiger partial charge in [-0.05, 0) is 5.57 Å². The lowest BCUT2D eigenvalue weighted by Gasteiger charge is -2.15.